The number of carbonyl (C=O) groups is 1. The Hall–Kier alpha value is -2.25. The van der Waals surface area contributed by atoms with Crippen molar-refractivity contribution in [2.24, 2.45) is 5.92 Å². The molecule has 144 valence electrons. The number of nitrogens with one attached hydrogen (secondary N) is 1. The van der Waals surface area contributed by atoms with Crippen LogP contribution in [0.25, 0.3) is 0 Å². The molecule has 5 nitrogen and oxygen atoms in total. The van der Waals surface area contributed by atoms with Crippen LogP contribution in [-0.4, -0.2) is 31.7 Å². The molecule has 0 aromatic heterocycles. The van der Waals surface area contributed by atoms with E-state index in [9.17, 15) is 17.6 Å². The van der Waals surface area contributed by atoms with Crippen LogP contribution >= 0.6 is 0 Å². The molecule has 0 atom stereocenters. The van der Waals surface area contributed by atoms with Gasteiger partial charge in [-0.25, -0.2) is 12.8 Å². The fourth-order valence-corrected chi connectivity index (χ4v) is 4.81. The Kier molecular flexibility index (Phi) is 5.62. The van der Waals surface area contributed by atoms with Crippen LogP contribution in [-0.2, 0) is 14.8 Å². The van der Waals surface area contributed by atoms with Crippen LogP contribution in [0, 0.1) is 25.6 Å². The molecule has 1 N–H and O–H groups in total. The fraction of sp³-hybridized carbons (Fsp3) is 0.350. The summed E-state index contributed by atoms with van der Waals surface area (Å²) in [6, 6.07) is 11.1. The molecule has 1 heterocycles. The highest BCUT2D eigenvalue weighted by molar-refractivity contribution is 7.89. The molecule has 1 fully saturated rings. The summed E-state index contributed by atoms with van der Waals surface area (Å²) in [5.74, 6) is -1.13. The van der Waals surface area contributed by atoms with E-state index in [1.807, 2.05) is 32.0 Å². The maximum Gasteiger partial charge on any atom is 0.245 e. The number of rotatable bonds is 4. The Bertz CT molecular complexity index is 951. The van der Waals surface area contributed by atoms with Crippen molar-refractivity contribution in [2.75, 3.05) is 18.4 Å². The normalized spacial score (nSPS) is 16.3. The van der Waals surface area contributed by atoms with Crippen molar-refractivity contribution in [3.63, 3.8) is 0 Å². The summed E-state index contributed by atoms with van der Waals surface area (Å²) >= 11 is 0. The van der Waals surface area contributed by atoms with Gasteiger partial charge < -0.3 is 5.32 Å². The van der Waals surface area contributed by atoms with E-state index >= 15 is 0 Å². The number of hydrogen-bond acceptors (Lipinski definition) is 3. The molecule has 0 unspecified atom stereocenters. The van der Waals surface area contributed by atoms with Gasteiger partial charge in [-0.1, -0.05) is 24.3 Å². The van der Waals surface area contributed by atoms with E-state index in [-0.39, 0.29) is 29.8 Å². The van der Waals surface area contributed by atoms with Gasteiger partial charge in [-0.05, 0) is 56.0 Å². The second kappa shape index (κ2) is 7.78. The molecule has 27 heavy (non-hydrogen) atoms. The Morgan fingerprint density at radius 1 is 1.07 bits per heavy atom. The van der Waals surface area contributed by atoms with E-state index < -0.39 is 15.8 Å². The van der Waals surface area contributed by atoms with Crippen molar-refractivity contribution in [3.8, 4) is 0 Å². The van der Waals surface area contributed by atoms with Crippen molar-refractivity contribution >= 4 is 21.6 Å². The van der Waals surface area contributed by atoms with Crippen LogP contribution < -0.4 is 5.32 Å². The van der Waals surface area contributed by atoms with Gasteiger partial charge in [-0.3, -0.25) is 4.79 Å². The van der Waals surface area contributed by atoms with E-state index in [1.165, 1.54) is 22.5 Å². The number of hydrogen-bond donors (Lipinski definition) is 1. The Morgan fingerprint density at radius 2 is 1.74 bits per heavy atom. The third kappa shape index (κ3) is 4.04. The first-order chi connectivity index (χ1) is 12.8. The molecular weight excluding hydrogens is 367 g/mol. The molecule has 7 heteroatoms. The minimum Gasteiger partial charge on any atom is -0.326 e. The number of piperidine rings is 1. The molecule has 1 saturated heterocycles. The molecule has 3 rings (SSSR count). The van der Waals surface area contributed by atoms with Crippen molar-refractivity contribution in [1.82, 2.24) is 4.31 Å². The number of amides is 1. The van der Waals surface area contributed by atoms with E-state index in [0.717, 1.165) is 22.9 Å². The van der Waals surface area contributed by atoms with Crippen molar-refractivity contribution in [3.05, 3.63) is 59.4 Å². The molecule has 1 aliphatic heterocycles. The topological polar surface area (TPSA) is 66.5 Å². The lowest BCUT2D eigenvalue weighted by Gasteiger charge is -2.30. The number of nitrogens with zero attached hydrogens (tertiary/aromatic N) is 1. The van der Waals surface area contributed by atoms with Crippen LogP contribution in [0.5, 0.6) is 0 Å². The molecule has 2 aromatic rings. The monoisotopic (exact) mass is 390 g/mol. The van der Waals surface area contributed by atoms with Crippen LogP contribution in [0.2, 0.25) is 0 Å². The van der Waals surface area contributed by atoms with E-state index in [0.29, 0.717) is 12.8 Å². The van der Waals surface area contributed by atoms with Gasteiger partial charge in [0.05, 0.1) is 0 Å². The van der Waals surface area contributed by atoms with Gasteiger partial charge in [0.25, 0.3) is 0 Å². The molecule has 1 amide bonds. The molecule has 1 aliphatic rings. The third-order valence-corrected chi connectivity index (χ3v) is 7.07. The number of benzene rings is 2. The molecule has 0 radical (unpaired) electrons. The summed E-state index contributed by atoms with van der Waals surface area (Å²) in [4.78, 5) is 12.3. The van der Waals surface area contributed by atoms with Gasteiger partial charge in [0.1, 0.15) is 10.7 Å². The van der Waals surface area contributed by atoms with Gasteiger partial charge in [0.15, 0.2) is 0 Å². The number of anilines is 1. The summed E-state index contributed by atoms with van der Waals surface area (Å²) in [5, 5.41) is 2.95. The summed E-state index contributed by atoms with van der Waals surface area (Å²) in [7, 11) is -3.89. The van der Waals surface area contributed by atoms with Crippen LogP contribution in [0.15, 0.2) is 47.4 Å². The van der Waals surface area contributed by atoms with Crippen molar-refractivity contribution < 1.29 is 17.6 Å². The standard InChI is InChI=1S/C20H23FN2O3S/c1-14-6-5-8-18(15(14)2)22-20(24)16-10-12-23(13-11-16)27(25,26)19-9-4-3-7-17(19)21/h3-9,16H,10-13H2,1-2H3,(H,22,24). The van der Waals surface area contributed by atoms with E-state index in [1.54, 1.807) is 0 Å². The minimum atomic E-state index is -3.89. The highest BCUT2D eigenvalue weighted by Gasteiger charge is 2.33. The zero-order valence-electron chi connectivity index (χ0n) is 15.4. The highest BCUT2D eigenvalue weighted by Crippen LogP contribution is 2.27. The summed E-state index contributed by atoms with van der Waals surface area (Å²) < 4.78 is 40.4. The average Bonchev–Trinajstić information content (AvgIpc) is 2.65. The Labute approximate surface area is 159 Å². The van der Waals surface area contributed by atoms with E-state index in [2.05, 4.69) is 5.32 Å². The number of carbonyl (C=O) groups excluding carboxylic acids is 1. The lowest BCUT2D eigenvalue weighted by molar-refractivity contribution is -0.120. The lowest BCUT2D eigenvalue weighted by atomic mass is 9.97. The van der Waals surface area contributed by atoms with Gasteiger partial charge >= 0.3 is 0 Å². The number of aryl methyl sites for hydroxylation is 1. The predicted molar refractivity (Wildman–Crippen MR) is 102 cm³/mol. The first kappa shape index (κ1) is 19.5. The minimum absolute atomic E-state index is 0.105. The fourth-order valence-electron chi connectivity index (χ4n) is 3.27. The maximum atomic E-state index is 13.9. The van der Waals surface area contributed by atoms with Gasteiger partial charge in [-0.2, -0.15) is 4.31 Å². The second-order valence-corrected chi connectivity index (χ2v) is 8.75. The first-order valence-corrected chi connectivity index (χ1v) is 10.4. The number of sulfonamides is 1. The molecular formula is C20H23FN2O3S. The smallest absolute Gasteiger partial charge is 0.245 e. The average molecular weight is 390 g/mol. The van der Waals surface area contributed by atoms with Gasteiger partial charge in [-0.15, -0.1) is 0 Å². The van der Waals surface area contributed by atoms with Crippen molar-refractivity contribution in [2.45, 2.75) is 31.6 Å². The van der Waals surface area contributed by atoms with Crippen LogP contribution in [0.1, 0.15) is 24.0 Å². The van der Waals surface area contributed by atoms with Crippen molar-refractivity contribution in [1.29, 1.82) is 0 Å². The summed E-state index contributed by atoms with van der Waals surface area (Å²) in [5.41, 5.74) is 2.89. The third-order valence-electron chi connectivity index (χ3n) is 5.14. The largest absolute Gasteiger partial charge is 0.326 e. The summed E-state index contributed by atoms with van der Waals surface area (Å²) in [6.07, 6.45) is 0.814. The zero-order valence-corrected chi connectivity index (χ0v) is 16.2. The zero-order chi connectivity index (χ0) is 19.6. The molecule has 0 bridgehead atoms. The predicted octanol–water partition coefficient (Wildman–Crippen LogP) is 3.48. The molecule has 2 aromatic carbocycles. The van der Waals surface area contributed by atoms with E-state index in [4.69, 9.17) is 0 Å². The molecule has 0 saturated carbocycles. The van der Waals surface area contributed by atoms with Gasteiger partial charge in [0.2, 0.25) is 15.9 Å². The van der Waals surface area contributed by atoms with Gasteiger partial charge in [0, 0.05) is 24.7 Å². The molecule has 0 aliphatic carbocycles. The lowest BCUT2D eigenvalue weighted by Crippen LogP contribution is -2.41. The second-order valence-electron chi connectivity index (χ2n) is 6.85. The highest BCUT2D eigenvalue weighted by atomic mass is 32.2. The maximum absolute atomic E-state index is 13.9. The Balaban J connectivity index is 1.66. The Morgan fingerprint density at radius 3 is 2.41 bits per heavy atom. The number of halogens is 1. The SMILES string of the molecule is Cc1cccc(NC(=O)C2CCN(S(=O)(=O)c3ccccc3F)CC2)c1C. The first-order valence-electron chi connectivity index (χ1n) is 8.92. The summed E-state index contributed by atoms with van der Waals surface area (Å²) in [6.45, 7) is 4.33. The molecule has 0 spiro atoms. The van der Waals surface area contributed by atoms with Crippen LogP contribution in [0.4, 0.5) is 10.1 Å². The van der Waals surface area contributed by atoms with Crippen LogP contribution in [0.3, 0.4) is 0 Å². The quantitative estimate of drug-likeness (QED) is 0.869.